The zero-order valence-corrected chi connectivity index (χ0v) is 12.2. The van der Waals surface area contributed by atoms with Crippen LogP contribution in [0.25, 0.3) is 0 Å². The van der Waals surface area contributed by atoms with Crippen LogP contribution in [0.2, 0.25) is 0 Å². The van der Waals surface area contributed by atoms with E-state index in [4.69, 9.17) is 10.9 Å². The Morgan fingerprint density at radius 3 is 2.85 bits per heavy atom. The van der Waals surface area contributed by atoms with Gasteiger partial charge in [0.15, 0.2) is 5.84 Å². The fourth-order valence-corrected chi connectivity index (χ4v) is 3.46. The lowest BCUT2D eigenvalue weighted by atomic mass is 9.83. The van der Waals surface area contributed by atoms with Gasteiger partial charge in [-0.05, 0) is 30.2 Å². The average Bonchev–Trinajstić information content (AvgIpc) is 2.97. The van der Waals surface area contributed by atoms with Crippen molar-refractivity contribution >= 4 is 23.1 Å². The van der Waals surface area contributed by atoms with Crippen LogP contribution in [0.15, 0.2) is 22.7 Å². The summed E-state index contributed by atoms with van der Waals surface area (Å²) in [6, 6.07) is 3.51. The quantitative estimate of drug-likeness (QED) is 0.336. The zero-order valence-electron chi connectivity index (χ0n) is 11.4. The Bertz CT molecular complexity index is 453. The monoisotopic (exact) mass is 295 g/mol. The molecule has 1 aliphatic carbocycles. The normalized spacial score (nSPS) is 18.7. The van der Waals surface area contributed by atoms with Crippen molar-refractivity contribution in [3.8, 4) is 0 Å². The van der Waals surface area contributed by atoms with E-state index >= 15 is 0 Å². The fourth-order valence-electron chi connectivity index (χ4n) is 2.76. The molecule has 1 unspecified atom stereocenters. The molecule has 2 rings (SSSR count). The Balaban J connectivity index is 1.98. The molecule has 1 saturated carbocycles. The lowest BCUT2D eigenvalue weighted by Gasteiger charge is -2.29. The lowest BCUT2D eigenvalue weighted by molar-refractivity contribution is -0.121. The van der Waals surface area contributed by atoms with E-state index in [-0.39, 0.29) is 23.7 Å². The summed E-state index contributed by atoms with van der Waals surface area (Å²) in [7, 11) is 0. The number of oxime groups is 1. The molecule has 1 aromatic heterocycles. The van der Waals surface area contributed by atoms with E-state index in [1.54, 1.807) is 11.3 Å². The van der Waals surface area contributed by atoms with Crippen molar-refractivity contribution in [3.05, 3.63) is 22.4 Å². The second-order valence-electron chi connectivity index (χ2n) is 5.22. The Morgan fingerprint density at radius 1 is 1.50 bits per heavy atom. The maximum absolute atomic E-state index is 12.1. The summed E-state index contributed by atoms with van der Waals surface area (Å²) in [6.07, 6.45) is 5.88. The molecule has 110 valence electrons. The summed E-state index contributed by atoms with van der Waals surface area (Å²) in [5.41, 5.74) is 5.76. The third-order valence-electron chi connectivity index (χ3n) is 3.79. The second-order valence-corrected chi connectivity index (χ2v) is 6.26. The van der Waals surface area contributed by atoms with Crippen LogP contribution in [-0.2, 0) is 11.2 Å². The summed E-state index contributed by atoms with van der Waals surface area (Å²) in [6.45, 7) is 0. The van der Waals surface area contributed by atoms with Gasteiger partial charge < -0.3 is 16.3 Å². The van der Waals surface area contributed by atoms with Crippen LogP contribution < -0.4 is 11.1 Å². The summed E-state index contributed by atoms with van der Waals surface area (Å²) >= 11 is 1.56. The number of carbonyl (C=O) groups is 1. The molecule has 0 saturated heterocycles. The van der Waals surface area contributed by atoms with Crippen molar-refractivity contribution in [2.24, 2.45) is 16.8 Å². The number of thiophene rings is 1. The number of nitrogens with zero attached hydrogens (tertiary/aromatic N) is 1. The molecular weight excluding hydrogens is 274 g/mol. The molecule has 0 spiro atoms. The van der Waals surface area contributed by atoms with Gasteiger partial charge in [-0.15, -0.1) is 11.3 Å². The highest BCUT2D eigenvalue weighted by molar-refractivity contribution is 7.10. The SMILES string of the molecule is N/C(=N/O)C(NC(=O)Cc1cccs1)C1CCCCC1. The number of amidine groups is 1. The van der Waals surface area contributed by atoms with Crippen molar-refractivity contribution in [3.63, 3.8) is 0 Å². The molecule has 20 heavy (non-hydrogen) atoms. The molecule has 0 aromatic carbocycles. The highest BCUT2D eigenvalue weighted by atomic mass is 32.1. The minimum Gasteiger partial charge on any atom is -0.409 e. The minimum atomic E-state index is -0.354. The third-order valence-corrected chi connectivity index (χ3v) is 4.66. The molecule has 0 aliphatic heterocycles. The molecule has 0 bridgehead atoms. The molecule has 1 aliphatic rings. The first kappa shape index (κ1) is 14.8. The number of hydrogen-bond acceptors (Lipinski definition) is 4. The molecule has 6 heteroatoms. The Morgan fingerprint density at radius 2 is 2.25 bits per heavy atom. The summed E-state index contributed by atoms with van der Waals surface area (Å²) < 4.78 is 0. The molecule has 1 amide bonds. The standard InChI is InChI=1S/C14H21N3O2S/c15-14(17-19)13(10-5-2-1-3-6-10)16-12(18)9-11-7-4-8-20-11/h4,7-8,10,13,19H,1-3,5-6,9H2,(H2,15,17)(H,16,18). The van der Waals surface area contributed by atoms with Crippen LogP contribution in [0, 0.1) is 5.92 Å². The average molecular weight is 295 g/mol. The minimum absolute atomic E-state index is 0.0744. The first-order valence-corrected chi connectivity index (χ1v) is 7.88. The molecule has 1 atom stereocenters. The van der Waals surface area contributed by atoms with E-state index in [1.807, 2.05) is 17.5 Å². The maximum Gasteiger partial charge on any atom is 0.225 e. The van der Waals surface area contributed by atoms with Crippen LogP contribution in [0.1, 0.15) is 37.0 Å². The third kappa shape index (κ3) is 3.96. The van der Waals surface area contributed by atoms with Crippen molar-refractivity contribution in [2.75, 3.05) is 0 Å². The van der Waals surface area contributed by atoms with E-state index < -0.39 is 0 Å². The van der Waals surface area contributed by atoms with Crippen LogP contribution in [0.5, 0.6) is 0 Å². The molecule has 5 nitrogen and oxygen atoms in total. The Hall–Kier alpha value is -1.56. The summed E-state index contributed by atoms with van der Waals surface area (Å²) in [5.74, 6) is 0.304. The van der Waals surface area contributed by atoms with Gasteiger partial charge in [0.05, 0.1) is 12.5 Å². The van der Waals surface area contributed by atoms with Crippen LogP contribution >= 0.6 is 11.3 Å². The number of hydrogen-bond donors (Lipinski definition) is 3. The van der Waals surface area contributed by atoms with Crippen LogP contribution in [-0.4, -0.2) is 23.0 Å². The van der Waals surface area contributed by atoms with Gasteiger partial charge in [-0.25, -0.2) is 0 Å². The van der Waals surface area contributed by atoms with E-state index in [9.17, 15) is 4.79 Å². The number of rotatable bonds is 5. The van der Waals surface area contributed by atoms with E-state index in [1.165, 1.54) is 6.42 Å². The zero-order chi connectivity index (χ0) is 14.4. The van der Waals surface area contributed by atoms with Gasteiger partial charge in [0, 0.05) is 4.88 Å². The Labute approximate surface area is 122 Å². The fraction of sp³-hybridized carbons (Fsp3) is 0.571. The summed E-state index contributed by atoms with van der Waals surface area (Å²) in [5, 5.41) is 16.9. The van der Waals surface area contributed by atoms with Crippen molar-refractivity contribution < 1.29 is 10.0 Å². The van der Waals surface area contributed by atoms with Gasteiger partial charge in [0.1, 0.15) is 0 Å². The first-order valence-electron chi connectivity index (χ1n) is 7.00. The number of carbonyl (C=O) groups excluding carboxylic acids is 1. The molecular formula is C14H21N3O2S. The highest BCUT2D eigenvalue weighted by Gasteiger charge is 2.28. The number of nitrogens with one attached hydrogen (secondary N) is 1. The lowest BCUT2D eigenvalue weighted by Crippen LogP contribution is -2.50. The molecule has 1 fully saturated rings. The van der Waals surface area contributed by atoms with E-state index in [2.05, 4.69) is 10.5 Å². The Kier molecular flexibility index (Phi) is 5.40. The molecule has 1 aromatic rings. The summed E-state index contributed by atoms with van der Waals surface area (Å²) in [4.78, 5) is 13.1. The predicted molar refractivity (Wildman–Crippen MR) is 79.9 cm³/mol. The van der Waals surface area contributed by atoms with E-state index in [0.29, 0.717) is 6.42 Å². The van der Waals surface area contributed by atoms with Crippen LogP contribution in [0.4, 0.5) is 0 Å². The predicted octanol–water partition coefficient (Wildman–Crippen LogP) is 2.10. The smallest absolute Gasteiger partial charge is 0.225 e. The van der Waals surface area contributed by atoms with Crippen molar-refractivity contribution in [2.45, 2.75) is 44.6 Å². The van der Waals surface area contributed by atoms with Gasteiger partial charge >= 0.3 is 0 Å². The number of nitrogens with two attached hydrogens (primary N) is 1. The van der Waals surface area contributed by atoms with Crippen molar-refractivity contribution in [1.29, 1.82) is 0 Å². The number of amides is 1. The van der Waals surface area contributed by atoms with Crippen LogP contribution in [0.3, 0.4) is 0 Å². The topological polar surface area (TPSA) is 87.7 Å². The van der Waals surface area contributed by atoms with E-state index in [0.717, 1.165) is 30.6 Å². The van der Waals surface area contributed by atoms with Gasteiger partial charge in [-0.1, -0.05) is 30.5 Å². The van der Waals surface area contributed by atoms with Gasteiger partial charge in [0.2, 0.25) is 5.91 Å². The van der Waals surface area contributed by atoms with Crippen molar-refractivity contribution in [1.82, 2.24) is 5.32 Å². The highest BCUT2D eigenvalue weighted by Crippen LogP contribution is 2.26. The first-order chi connectivity index (χ1) is 9.70. The molecule has 0 radical (unpaired) electrons. The largest absolute Gasteiger partial charge is 0.409 e. The van der Waals surface area contributed by atoms with Gasteiger partial charge in [0.25, 0.3) is 0 Å². The van der Waals surface area contributed by atoms with Gasteiger partial charge in [-0.2, -0.15) is 0 Å². The molecule has 4 N–H and O–H groups in total. The maximum atomic E-state index is 12.1. The van der Waals surface area contributed by atoms with Gasteiger partial charge in [-0.3, -0.25) is 4.79 Å². The second kappa shape index (κ2) is 7.28. The molecule has 1 heterocycles.